The van der Waals surface area contributed by atoms with Crippen LogP contribution in [0.1, 0.15) is 79.0 Å². The summed E-state index contributed by atoms with van der Waals surface area (Å²) < 4.78 is 6.24. The minimum atomic E-state index is -0.950. The zero-order valence-corrected chi connectivity index (χ0v) is 33.8. The van der Waals surface area contributed by atoms with E-state index in [2.05, 4.69) is 60.2 Å². The molecule has 59 heavy (non-hydrogen) atoms. The van der Waals surface area contributed by atoms with Gasteiger partial charge in [-0.15, -0.1) is 0 Å². The van der Waals surface area contributed by atoms with Crippen molar-refractivity contribution in [3.63, 3.8) is 0 Å². The van der Waals surface area contributed by atoms with E-state index < -0.39 is 23.8 Å². The third kappa shape index (κ3) is 7.68. The highest BCUT2D eigenvalue weighted by Crippen LogP contribution is 2.41. The Morgan fingerprint density at radius 2 is 1.37 bits per heavy atom. The van der Waals surface area contributed by atoms with Gasteiger partial charge in [0.1, 0.15) is 23.1 Å². The highest BCUT2D eigenvalue weighted by Gasteiger charge is 2.45. The molecule has 5 fully saturated rings. The van der Waals surface area contributed by atoms with Crippen LogP contribution in [0.3, 0.4) is 0 Å². The molecule has 1 unspecified atom stereocenters. The zero-order chi connectivity index (χ0) is 40.3. The fourth-order valence-electron chi connectivity index (χ4n) is 9.85. The SMILES string of the molecule is CC1(Oc2ccc3[nH]nc(-c4cc(N5CCC(CN6CCN(CC7CCN(c8ccc9c(c8)C(=O)N(C8CCC(=O)NC8=O)C9=O)CC7)CC6)CC5)ccn4)c3c2)CC1. The summed E-state index contributed by atoms with van der Waals surface area (Å²) in [5.41, 5.74) is 5.51. The molecule has 7 heterocycles. The third-order valence-corrected chi connectivity index (χ3v) is 13.7. The first kappa shape index (κ1) is 37.9. The first-order valence-electron chi connectivity index (χ1n) is 21.6. The number of amides is 4. The number of rotatable bonds is 10. The van der Waals surface area contributed by atoms with Gasteiger partial charge in [-0.2, -0.15) is 5.10 Å². The summed E-state index contributed by atoms with van der Waals surface area (Å²) >= 11 is 0. The van der Waals surface area contributed by atoms with Crippen molar-refractivity contribution in [3.05, 3.63) is 65.9 Å². The quantitative estimate of drug-likeness (QED) is 0.215. The number of benzene rings is 2. The van der Waals surface area contributed by atoms with Crippen LogP contribution >= 0.6 is 0 Å². The average molecular weight is 800 g/mol. The number of anilines is 2. The van der Waals surface area contributed by atoms with Gasteiger partial charge in [0.2, 0.25) is 11.8 Å². The molecular weight excluding hydrogens is 747 g/mol. The van der Waals surface area contributed by atoms with Crippen LogP contribution in [-0.4, -0.2) is 131 Å². The van der Waals surface area contributed by atoms with Crippen LogP contribution in [0.4, 0.5) is 11.4 Å². The van der Waals surface area contributed by atoms with Crippen molar-refractivity contribution in [2.75, 3.05) is 75.2 Å². The number of ether oxygens (including phenoxy) is 1. The lowest BCUT2D eigenvalue weighted by molar-refractivity contribution is -0.136. The summed E-state index contributed by atoms with van der Waals surface area (Å²) in [6.07, 6.45) is 8.91. The van der Waals surface area contributed by atoms with Gasteiger partial charge >= 0.3 is 0 Å². The normalized spacial score (nSPS) is 23.3. The molecule has 1 aliphatic carbocycles. The number of pyridine rings is 1. The lowest BCUT2D eigenvalue weighted by atomic mass is 9.94. The van der Waals surface area contributed by atoms with E-state index in [0.717, 1.165) is 123 Å². The lowest BCUT2D eigenvalue weighted by Gasteiger charge is -2.41. The van der Waals surface area contributed by atoms with Crippen molar-refractivity contribution in [2.24, 2.45) is 11.8 Å². The standard InChI is InChI=1S/C45H53N9O5/c1-45(13-14-45)59-33-3-5-37-36(26-33)41(49-48-37)38-25-32(8-15-46-38)53-18-11-30(12-19-53)28-51-22-20-50(21-23-51)27-29-9-16-52(17-10-29)31-2-4-34-35(24-31)44(58)54(43(34)57)39-6-7-40(55)47-42(39)56/h2-5,8,15,24-26,29-30,39H,6-7,9-14,16-23,27-28H2,1H3,(H,48,49)(H,47,55,56). The maximum atomic E-state index is 13.4. The number of nitrogens with zero attached hydrogens (tertiary/aromatic N) is 7. The van der Waals surface area contributed by atoms with Gasteiger partial charge in [-0.05, 0) is 112 Å². The van der Waals surface area contributed by atoms with E-state index in [4.69, 9.17) is 9.72 Å². The van der Waals surface area contributed by atoms with Crippen LogP contribution < -0.4 is 19.9 Å². The predicted octanol–water partition coefficient (Wildman–Crippen LogP) is 4.71. The third-order valence-electron chi connectivity index (χ3n) is 13.7. The lowest BCUT2D eigenvalue weighted by Crippen LogP contribution is -2.54. The van der Waals surface area contributed by atoms with Crippen molar-refractivity contribution in [1.29, 1.82) is 0 Å². The van der Waals surface area contributed by atoms with E-state index >= 15 is 0 Å². The number of piperidine rings is 3. The number of aromatic amines is 1. The summed E-state index contributed by atoms with van der Waals surface area (Å²) in [6.45, 7) is 12.8. The molecule has 10 rings (SSSR count). The second kappa shape index (κ2) is 15.4. The molecule has 4 saturated heterocycles. The van der Waals surface area contributed by atoms with Crippen LogP contribution in [0.2, 0.25) is 0 Å². The summed E-state index contributed by atoms with van der Waals surface area (Å²) in [6, 6.07) is 15.0. The van der Waals surface area contributed by atoms with Crippen LogP contribution in [0.5, 0.6) is 5.75 Å². The van der Waals surface area contributed by atoms with Crippen LogP contribution in [0.15, 0.2) is 54.7 Å². The van der Waals surface area contributed by atoms with E-state index in [1.165, 1.54) is 25.1 Å². The van der Waals surface area contributed by atoms with E-state index in [0.29, 0.717) is 23.0 Å². The number of aromatic nitrogens is 3. The Hall–Kier alpha value is -5.34. The number of carbonyl (C=O) groups is 4. The summed E-state index contributed by atoms with van der Waals surface area (Å²) in [4.78, 5) is 66.5. The fraction of sp³-hybridized carbons (Fsp3) is 0.511. The molecule has 2 aromatic heterocycles. The van der Waals surface area contributed by atoms with E-state index in [1.807, 2.05) is 30.5 Å². The second-order valence-corrected chi connectivity index (χ2v) is 17.9. The molecule has 1 atom stereocenters. The molecule has 5 aliphatic heterocycles. The van der Waals surface area contributed by atoms with E-state index in [9.17, 15) is 19.2 Å². The number of piperazine rings is 1. The maximum absolute atomic E-state index is 13.4. The van der Waals surface area contributed by atoms with Gasteiger partial charge in [-0.1, -0.05) is 0 Å². The summed E-state index contributed by atoms with van der Waals surface area (Å²) in [5.74, 6) is 0.342. The molecule has 14 nitrogen and oxygen atoms in total. The number of fused-ring (bicyclic) bond motifs is 2. The Morgan fingerprint density at radius 1 is 0.729 bits per heavy atom. The van der Waals surface area contributed by atoms with Crippen molar-refractivity contribution >= 4 is 45.9 Å². The minimum absolute atomic E-state index is 0.0320. The highest BCUT2D eigenvalue weighted by molar-refractivity contribution is 6.23. The van der Waals surface area contributed by atoms with Crippen molar-refractivity contribution in [3.8, 4) is 17.1 Å². The van der Waals surface area contributed by atoms with Crippen molar-refractivity contribution < 1.29 is 23.9 Å². The molecule has 14 heteroatoms. The topological polar surface area (TPSA) is 147 Å². The number of nitrogens with one attached hydrogen (secondary N) is 2. The van der Waals surface area contributed by atoms with Crippen LogP contribution in [-0.2, 0) is 9.59 Å². The largest absolute Gasteiger partial charge is 0.488 e. The summed E-state index contributed by atoms with van der Waals surface area (Å²) in [5, 5.41) is 11.1. The van der Waals surface area contributed by atoms with Gasteiger partial charge in [-0.25, -0.2) is 0 Å². The van der Waals surface area contributed by atoms with Gasteiger partial charge < -0.3 is 24.3 Å². The van der Waals surface area contributed by atoms with Gasteiger partial charge in [-0.3, -0.25) is 39.5 Å². The number of hydrogen-bond donors (Lipinski definition) is 2. The Balaban J connectivity index is 0.666. The molecule has 4 amide bonds. The molecule has 1 saturated carbocycles. The molecule has 308 valence electrons. The second-order valence-electron chi connectivity index (χ2n) is 17.9. The maximum Gasteiger partial charge on any atom is 0.262 e. The van der Waals surface area contributed by atoms with Gasteiger partial charge in [0, 0.05) is 94.8 Å². The summed E-state index contributed by atoms with van der Waals surface area (Å²) in [7, 11) is 0. The number of imide groups is 2. The molecule has 0 spiro atoms. The van der Waals surface area contributed by atoms with Crippen molar-refractivity contribution in [2.45, 2.75) is 69.9 Å². The van der Waals surface area contributed by atoms with Gasteiger partial charge in [0.15, 0.2) is 0 Å². The first-order chi connectivity index (χ1) is 28.7. The molecule has 6 aliphatic rings. The first-order valence-corrected chi connectivity index (χ1v) is 21.6. The molecule has 4 aromatic rings. The smallest absolute Gasteiger partial charge is 0.262 e. The minimum Gasteiger partial charge on any atom is -0.488 e. The number of carbonyl (C=O) groups excluding carboxylic acids is 4. The average Bonchev–Trinajstić information content (AvgIpc) is 3.73. The number of hydrogen-bond acceptors (Lipinski definition) is 11. The molecule has 2 N–H and O–H groups in total. The van der Waals surface area contributed by atoms with Gasteiger partial charge in [0.05, 0.1) is 22.3 Å². The van der Waals surface area contributed by atoms with Gasteiger partial charge in [0.25, 0.3) is 11.8 Å². The Kier molecular flexibility index (Phi) is 9.87. The Bertz CT molecular complexity index is 2280. The van der Waals surface area contributed by atoms with Crippen LogP contribution in [0.25, 0.3) is 22.3 Å². The van der Waals surface area contributed by atoms with E-state index in [1.54, 1.807) is 6.07 Å². The Morgan fingerprint density at radius 3 is 2.02 bits per heavy atom. The predicted molar refractivity (Wildman–Crippen MR) is 223 cm³/mol. The molecule has 2 aromatic carbocycles. The Labute approximate surface area is 344 Å². The van der Waals surface area contributed by atoms with Crippen molar-refractivity contribution in [1.82, 2.24) is 35.2 Å². The molecule has 0 bridgehead atoms. The molecule has 0 radical (unpaired) electrons. The highest BCUT2D eigenvalue weighted by atomic mass is 16.5. The van der Waals surface area contributed by atoms with E-state index in [-0.39, 0.29) is 24.3 Å². The fourth-order valence-corrected chi connectivity index (χ4v) is 9.85. The number of H-pyrrole nitrogens is 1. The molecular formula is C45H53N9O5. The zero-order valence-electron chi connectivity index (χ0n) is 33.8. The monoisotopic (exact) mass is 799 g/mol. The van der Waals surface area contributed by atoms with Crippen LogP contribution in [0, 0.1) is 11.8 Å².